The van der Waals surface area contributed by atoms with Crippen LogP contribution in [-0.4, -0.2) is 62.3 Å². The Bertz CT molecular complexity index is 558. The van der Waals surface area contributed by atoms with E-state index in [0.29, 0.717) is 19.7 Å². The zero-order valence-electron chi connectivity index (χ0n) is 12.3. The van der Waals surface area contributed by atoms with Crippen molar-refractivity contribution < 1.29 is 17.6 Å². The lowest BCUT2D eigenvalue weighted by Crippen LogP contribution is -2.34. The predicted molar refractivity (Wildman–Crippen MR) is 78.2 cm³/mol. The minimum absolute atomic E-state index is 0.0212. The number of furan rings is 1. The van der Waals surface area contributed by atoms with Gasteiger partial charge < -0.3 is 9.15 Å². The lowest BCUT2D eigenvalue weighted by atomic mass is 10.1. The van der Waals surface area contributed by atoms with E-state index in [1.807, 2.05) is 12.1 Å². The molecule has 3 heterocycles. The van der Waals surface area contributed by atoms with Crippen molar-refractivity contribution in [2.24, 2.45) is 5.92 Å². The van der Waals surface area contributed by atoms with E-state index in [1.165, 1.54) is 0 Å². The fraction of sp³-hybridized carbons (Fsp3) is 0.714. The third kappa shape index (κ3) is 3.31. The van der Waals surface area contributed by atoms with Crippen LogP contribution < -0.4 is 0 Å². The van der Waals surface area contributed by atoms with E-state index < -0.39 is 10.0 Å². The molecule has 0 saturated carbocycles. The van der Waals surface area contributed by atoms with Crippen molar-refractivity contribution in [3.8, 4) is 0 Å². The molecule has 3 rings (SSSR count). The van der Waals surface area contributed by atoms with Crippen LogP contribution in [0.3, 0.4) is 0 Å². The summed E-state index contributed by atoms with van der Waals surface area (Å²) in [6, 6.07) is 3.85. The van der Waals surface area contributed by atoms with Crippen LogP contribution in [0.4, 0.5) is 0 Å². The molecule has 21 heavy (non-hydrogen) atoms. The molecule has 0 unspecified atom stereocenters. The summed E-state index contributed by atoms with van der Waals surface area (Å²) in [5, 5.41) is 0. The minimum Gasteiger partial charge on any atom is -0.468 e. The van der Waals surface area contributed by atoms with Gasteiger partial charge in [-0.1, -0.05) is 0 Å². The van der Waals surface area contributed by atoms with Gasteiger partial charge in [-0.15, -0.1) is 0 Å². The lowest BCUT2D eigenvalue weighted by Gasteiger charge is -2.22. The number of fused-ring (bicyclic) bond motifs is 1. The number of rotatable bonds is 4. The Morgan fingerprint density at radius 2 is 2.19 bits per heavy atom. The van der Waals surface area contributed by atoms with Gasteiger partial charge in [-0.2, -0.15) is 4.31 Å². The summed E-state index contributed by atoms with van der Waals surface area (Å²) in [5.74, 6) is 1.33. The average molecular weight is 314 g/mol. The number of sulfonamides is 1. The van der Waals surface area contributed by atoms with Crippen molar-refractivity contribution in [3.05, 3.63) is 24.2 Å². The molecule has 0 radical (unpaired) electrons. The molecule has 1 aromatic heterocycles. The van der Waals surface area contributed by atoms with E-state index in [4.69, 9.17) is 9.15 Å². The summed E-state index contributed by atoms with van der Waals surface area (Å²) in [7, 11) is -3.12. The average Bonchev–Trinajstić information content (AvgIpc) is 3.06. The molecule has 0 bridgehead atoms. The van der Waals surface area contributed by atoms with Gasteiger partial charge in [0.05, 0.1) is 31.3 Å². The molecule has 6 nitrogen and oxygen atoms in total. The van der Waals surface area contributed by atoms with Crippen LogP contribution in [0.5, 0.6) is 0 Å². The summed E-state index contributed by atoms with van der Waals surface area (Å²) in [6.45, 7) is 5.84. The Labute approximate surface area is 125 Å². The lowest BCUT2D eigenvalue weighted by molar-refractivity contribution is 0.0546. The maximum atomic E-state index is 12.0. The quantitative estimate of drug-likeness (QED) is 0.821. The molecule has 0 spiro atoms. The molecular weight excluding hydrogens is 292 g/mol. The van der Waals surface area contributed by atoms with Crippen LogP contribution in [0.2, 0.25) is 0 Å². The highest BCUT2D eigenvalue weighted by Crippen LogP contribution is 2.26. The molecule has 2 fully saturated rings. The summed E-state index contributed by atoms with van der Waals surface area (Å²) < 4.78 is 36.9. The molecule has 2 atom stereocenters. The monoisotopic (exact) mass is 314 g/mol. The van der Waals surface area contributed by atoms with Crippen LogP contribution in [0.25, 0.3) is 0 Å². The van der Waals surface area contributed by atoms with Gasteiger partial charge in [0.15, 0.2) is 0 Å². The first-order valence-electron chi connectivity index (χ1n) is 7.42. The largest absolute Gasteiger partial charge is 0.468 e. The zero-order chi connectivity index (χ0) is 14.9. The molecule has 0 amide bonds. The van der Waals surface area contributed by atoms with Gasteiger partial charge in [0.1, 0.15) is 5.76 Å². The summed E-state index contributed by atoms with van der Waals surface area (Å²) in [4.78, 5) is 2.28. The molecule has 1 aromatic rings. The molecule has 2 aliphatic rings. The van der Waals surface area contributed by atoms with Crippen LogP contribution >= 0.6 is 0 Å². The first kappa shape index (κ1) is 15.0. The first-order chi connectivity index (χ1) is 10.1. The molecule has 0 aromatic carbocycles. The van der Waals surface area contributed by atoms with Crippen LogP contribution in [0.15, 0.2) is 22.8 Å². The van der Waals surface area contributed by atoms with Gasteiger partial charge in [0.25, 0.3) is 0 Å². The zero-order valence-corrected chi connectivity index (χ0v) is 13.1. The highest BCUT2D eigenvalue weighted by Gasteiger charge is 2.40. The number of hydrogen-bond donors (Lipinski definition) is 0. The molecular formula is C14H22N2O4S. The third-order valence-electron chi connectivity index (χ3n) is 4.30. The van der Waals surface area contributed by atoms with Gasteiger partial charge in [-0.3, -0.25) is 4.90 Å². The highest BCUT2D eigenvalue weighted by molar-refractivity contribution is 7.89. The van der Waals surface area contributed by atoms with E-state index >= 15 is 0 Å². The van der Waals surface area contributed by atoms with E-state index in [2.05, 4.69) is 4.90 Å². The van der Waals surface area contributed by atoms with Gasteiger partial charge >= 0.3 is 0 Å². The highest BCUT2D eigenvalue weighted by atomic mass is 32.2. The van der Waals surface area contributed by atoms with Crippen molar-refractivity contribution in [2.45, 2.75) is 19.6 Å². The van der Waals surface area contributed by atoms with Gasteiger partial charge in [-0.25, -0.2) is 8.42 Å². The van der Waals surface area contributed by atoms with Crippen molar-refractivity contribution in [3.63, 3.8) is 0 Å². The van der Waals surface area contributed by atoms with Crippen molar-refractivity contribution in [2.75, 3.05) is 38.5 Å². The summed E-state index contributed by atoms with van der Waals surface area (Å²) in [6.07, 6.45) is 1.70. The van der Waals surface area contributed by atoms with Crippen LogP contribution in [0.1, 0.15) is 12.7 Å². The fourth-order valence-corrected chi connectivity index (χ4v) is 4.26. The SMILES string of the molecule is CCS(=O)(=O)N1C[C@@H]2CN(Cc3ccco3)CCO[C@@H]2C1. The van der Waals surface area contributed by atoms with Crippen molar-refractivity contribution >= 4 is 10.0 Å². The Hall–Kier alpha value is -0.890. The second-order valence-electron chi connectivity index (χ2n) is 5.70. The molecule has 0 aliphatic carbocycles. The Morgan fingerprint density at radius 3 is 2.90 bits per heavy atom. The van der Waals surface area contributed by atoms with Gasteiger partial charge in [0, 0.05) is 32.1 Å². The number of hydrogen-bond acceptors (Lipinski definition) is 5. The van der Waals surface area contributed by atoms with Crippen LogP contribution in [-0.2, 0) is 21.3 Å². The summed E-state index contributed by atoms with van der Waals surface area (Å²) >= 11 is 0. The molecule has 7 heteroatoms. The first-order valence-corrected chi connectivity index (χ1v) is 9.03. The Morgan fingerprint density at radius 1 is 1.33 bits per heavy atom. The topological polar surface area (TPSA) is 63.0 Å². The predicted octanol–water partition coefficient (Wildman–Crippen LogP) is 0.762. The fourth-order valence-electron chi connectivity index (χ4n) is 3.10. The second kappa shape index (κ2) is 6.08. The smallest absolute Gasteiger partial charge is 0.213 e. The molecule has 0 N–H and O–H groups in total. The second-order valence-corrected chi connectivity index (χ2v) is 7.96. The molecule has 2 saturated heterocycles. The third-order valence-corrected chi connectivity index (χ3v) is 6.11. The van der Waals surface area contributed by atoms with Crippen molar-refractivity contribution in [1.29, 1.82) is 0 Å². The van der Waals surface area contributed by atoms with E-state index in [0.717, 1.165) is 25.4 Å². The van der Waals surface area contributed by atoms with Crippen molar-refractivity contribution in [1.82, 2.24) is 9.21 Å². The van der Waals surface area contributed by atoms with Crippen LogP contribution in [0, 0.1) is 5.92 Å². The van der Waals surface area contributed by atoms with Gasteiger partial charge in [0.2, 0.25) is 10.0 Å². The normalized spacial score (nSPS) is 28.4. The Balaban J connectivity index is 1.65. The molecule has 118 valence electrons. The van der Waals surface area contributed by atoms with E-state index in [9.17, 15) is 8.42 Å². The van der Waals surface area contributed by atoms with E-state index in [1.54, 1.807) is 17.5 Å². The maximum absolute atomic E-state index is 12.0. The number of nitrogens with zero attached hydrogens (tertiary/aromatic N) is 2. The number of ether oxygens (including phenoxy) is 1. The molecule has 2 aliphatic heterocycles. The summed E-state index contributed by atoms with van der Waals surface area (Å²) in [5.41, 5.74) is 0. The van der Waals surface area contributed by atoms with E-state index in [-0.39, 0.29) is 17.8 Å². The maximum Gasteiger partial charge on any atom is 0.213 e. The Kier molecular flexibility index (Phi) is 4.35. The standard InChI is InChI=1S/C14H22N2O4S/c1-2-21(17,18)16-9-12-8-15(5-7-20-14(12)11-16)10-13-4-3-6-19-13/h3-4,6,12,14H,2,5,7-11H2,1H3/t12-,14+/m0/s1. The minimum atomic E-state index is -3.12. The van der Waals surface area contributed by atoms with Gasteiger partial charge in [-0.05, 0) is 19.1 Å².